The average molecular weight is 323 g/mol. The van der Waals surface area contributed by atoms with E-state index in [2.05, 4.69) is 22.4 Å². The molecule has 0 fully saturated rings. The van der Waals surface area contributed by atoms with Gasteiger partial charge in [0.15, 0.2) is 5.11 Å². The molecule has 1 aromatic carbocycles. The molecule has 0 spiro atoms. The van der Waals surface area contributed by atoms with Crippen molar-refractivity contribution in [1.29, 1.82) is 0 Å². The van der Waals surface area contributed by atoms with Crippen LogP contribution in [-0.2, 0) is 0 Å². The lowest BCUT2D eigenvalue weighted by Crippen LogP contribution is -2.31. The number of hydrazone groups is 1. The Morgan fingerprint density at radius 1 is 1.33 bits per heavy atom. The van der Waals surface area contributed by atoms with Crippen molar-refractivity contribution < 1.29 is 0 Å². The smallest absolute Gasteiger partial charge is 0.187 e. The molecule has 0 atom stereocenters. The van der Waals surface area contributed by atoms with Crippen molar-refractivity contribution in [2.75, 3.05) is 6.54 Å². The van der Waals surface area contributed by atoms with Gasteiger partial charge in [0.2, 0.25) is 0 Å². The maximum absolute atomic E-state index is 6.00. The first kappa shape index (κ1) is 15.2. The van der Waals surface area contributed by atoms with E-state index in [1.807, 2.05) is 0 Å². The quantitative estimate of drug-likeness (QED) is 0.292. The second-order valence-corrected chi connectivity index (χ2v) is 4.73. The molecule has 0 aliphatic rings. The van der Waals surface area contributed by atoms with Crippen molar-refractivity contribution in [2.24, 2.45) is 5.10 Å². The lowest BCUT2D eigenvalue weighted by Gasteiger charge is -2.05. The Hall–Kier alpha value is -0.810. The lowest BCUT2D eigenvalue weighted by atomic mass is 10.2. The van der Waals surface area contributed by atoms with Gasteiger partial charge in [-0.1, -0.05) is 40.9 Å². The van der Waals surface area contributed by atoms with Gasteiger partial charge in [-0.05, 0) is 24.4 Å². The van der Waals surface area contributed by atoms with Gasteiger partial charge in [-0.25, -0.2) is 0 Å². The van der Waals surface area contributed by atoms with E-state index in [1.165, 1.54) is 6.21 Å². The van der Waals surface area contributed by atoms with Crippen LogP contribution in [0.15, 0.2) is 29.9 Å². The standard InChI is InChI=1S/C11H10Cl3N3S/c1-2-5-15-11(18)17-16-6-7-8(12)3-4-9(13)10(7)14/h2-4,6H,1,5H2,(H2,15,17,18). The van der Waals surface area contributed by atoms with Gasteiger partial charge in [-0.3, -0.25) is 5.43 Å². The fourth-order valence-corrected chi connectivity index (χ4v) is 1.79. The summed E-state index contributed by atoms with van der Waals surface area (Å²) in [5.74, 6) is 0. The molecule has 1 aromatic rings. The summed E-state index contributed by atoms with van der Waals surface area (Å²) in [7, 11) is 0. The molecule has 0 aliphatic heterocycles. The van der Waals surface area contributed by atoms with E-state index in [4.69, 9.17) is 47.0 Å². The highest BCUT2D eigenvalue weighted by molar-refractivity contribution is 7.80. The fraction of sp³-hybridized carbons (Fsp3) is 0.0909. The molecule has 0 aliphatic carbocycles. The van der Waals surface area contributed by atoms with E-state index in [-0.39, 0.29) is 0 Å². The molecule has 0 heterocycles. The highest BCUT2D eigenvalue weighted by Gasteiger charge is 2.07. The largest absolute Gasteiger partial charge is 0.358 e. The topological polar surface area (TPSA) is 36.4 Å². The monoisotopic (exact) mass is 321 g/mol. The van der Waals surface area contributed by atoms with Crippen LogP contribution in [-0.4, -0.2) is 17.9 Å². The van der Waals surface area contributed by atoms with E-state index in [0.717, 1.165) is 0 Å². The number of nitrogens with one attached hydrogen (secondary N) is 2. The Kier molecular flexibility index (Phi) is 6.43. The summed E-state index contributed by atoms with van der Waals surface area (Å²) < 4.78 is 0. The zero-order valence-electron chi connectivity index (χ0n) is 9.21. The second-order valence-electron chi connectivity index (χ2n) is 3.13. The number of nitrogens with zero attached hydrogens (tertiary/aromatic N) is 1. The Morgan fingerprint density at radius 3 is 2.67 bits per heavy atom. The predicted molar refractivity (Wildman–Crippen MR) is 83.0 cm³/mol. The first-order valence-electron chi connectivity index (χ1n) is 4.87. The van der Waals surface area contributed by atoms with Gasteiger partial charge in [-0.2, -0.15) is 5.10 Å². The molecule has 0 radical (unpaired) electrons. The summed E-state index contributed by atoms with van der Waals surface area (Å²) in [5.41, 5.74) is 3.15. The van der Waals surface area contributed by atoms with Crippen LogP contribution in [0.1, 0.15) is 5.56 Å². The highest BCUT2D eigenvalue weighted by Crippen LogP contribution is 2.29. The molecule has 0 amide bonds. The Labute approximate surface area is 126 Å². The summed E-state index contributed by atoms with van der Waals surface area (Å²) in [5, 5.41) is 8.36. The van der Waals surface area contributed by atoms with Crippen molar-refractivity contribution in [3.63, 3.8) is 0 Å². The van der Waals surface area contributed by atoms with Crippen molar-refractivity contribution in [2.45, 2.75) is 0 Å². The van der Waals surface area contributed by atoms with Crippen molar-refractivity contribution in [1.82, 2.24) is 10.7 Å². The fourth-order valence-electron chi connectivity index (χ4n) is 1.02. The summed E-state index contributed by atoms with van der Waals surface area (Å²) in [4.78, 5) is 0. The number of benzene rings is 1. The number of thiocarbonyl (C=S) groups is 1. The third-order valence-corrected chi connectivity index (χ3v) is 3.23. The zero-order valence-corrected chi connectivity index (χ0v) is 12.3. The van der Waals surface area contributed by atoms with Crippen LogP contribution in [0.3, 0.4) is 0 Å². The molecular weight excluding hydrogens is 313 g/mol. The second kappa shape index (κ2) is 7.59. The Bertz CT molecular complexity index is 489. The predicted octanol–water partition coefficient (Wildman–Crippen LogP) is 3.63. The molecule has 1 rings (SSSR count). The lowest BCUT2D eigenvalue weighted by molar-refractivity contribution is 0.942. The van der Waals surface area contributed by atoms with Crippen LogP contribution < -0.4 is 10.7 Å². The molecule has 0 saturated carbocycles. The van der Waals surface area contributed by atoms with Crippen LogP contribution in [0.25, 0.3) is 0 Å². The van der Waals surface area contributed by atoms with Gasteiger partial charge < -0.3 is 5.32 Å². The molecule has 18 heavy (non-hydrogen) atoms. The third-order valence-electron chi connectivity index (χ3n) is 1.85. The van der Waals surface area contributed by atoms with Gasteiger partial charge >= 0.3 is 0 Å². The van der Waals surface area contributed by atoms with Crippen LogP contribution >= 0.6 is 47.0 Å². The maximum atomic E-state index is 6.00. The summed E-state index contributed by atoms with van der Waals surface area (Å²) in [6, 6.07) is 3.26. The third kappa shape index (κ3) is 4.46. The van der Waals surface area contributed by atoms with Gasteiger partial charge in [0.05, 0.1) is 21.3 Å². The molecule has 0 unspecified atom stereocenters. The van der Waals surface area contributed by atoms with E-state index in [9.17, 15) is 0 Å². The minimum absolute atomic E-state index is 0.347. The normalized spacial score (nSPS) is 10.4. The minimum atomic E-state index is 0.347. The summed E-state index contributed by atoms with van der Waals surface area (Å²) in [6.45, 7) is 4.11. The van der Waals surface area contributed by atoms with E-state index >= 15 is 0 Å². The van der Waals surface area contributed by atoms with Crippen LogP contribution in [0.5, 0.6) is 0 Å². The molecular formula is C11H10Cl3N3S. The summed E-state index contributed by atoms with van der Waals surface area (Å²) in [6.07, 6.45) is 3.14. The Morgan fingerprint density at radius 2 is 2.00 bits per heavy atom. The molecule has 3 nitrogen and oxygen atoms in total. The van der Waals surface area contributed by atoms with E-state index in [1.54, 1.807) is 18.2 Å². The van der Waals surface area contributed by atoms with Crippen molar-refractivity contribution in [3.05, 3.63) is 45.4 Å². The first-order valence-corrected chi connectivity index (χ1v) is 6.41. The zero-order chi connectivity index (χ0) is 13.5. The SMILES string of the molecule is C=CCNC(=S)NN=Cc1c(Cl)ccc(Cl)c1Cl. The number of rotatable bonds is 4. The van der Waals surface area contributed by atoms with Crippen molar-refractivity contribution >= 4 is 58.3 Å². The Balaban J connectivity index is 2.70. The minimum Gasteiger partial charge on any atom is -0.358 e. The van der Waals surface area contributed by atoms with Crippen LogP contribution in [0.2, 0.25) is 15.1 Å². The van der Waals surface area contributed by atoms with Gasteiger partial charge in [0, 0.05) is 12.1 Å². The highest BCUT2D eigenvalue weighted by atomic mass is 35.5. The van der Waals surface area contributed by atoms with Gasteiger partial charge in [0.25, 0.3) is 0 Å². The molecule has 96 valence electrons. The number of halogens is 3. The molecule has 0 aromatic heterocycles. The van der Waals surface area contributed by atoms with E-state index in [0.29, 0.717) is 32.3 Å². The maximum Gasteiger partial charge on any atom is 0.187 e. The van der Waals surface area contributed by atoms with Crippen molar-refractivity contribution in [3.8, 4) is 0 Å². The average Bonchev–Trinajstić information content (AvgIpc) is 2.35. The molecule has 7 heteroatoms. The molecule has 0 saturated heterocycles. The van der Waals surface area contributed by atoms with Crippen LogP contribution in [0, 0.1) is 0 Å². The number of hydrogen-bond acceptors (Lipinski definition) is 2. The van der Waals surface area contributed by atoms with Gasteiger partial charge in [-0.15, -0.1) is 6.58 Å². The first-order chi connectivity index (χ1) is 8.56. The molecule has 0 bridgehead atoms. The van der Waals surface area contributed by atoms with Crippen LogP contribution in [0.4, 0.5) is 0 Å². The van der Waals surface area contributed by atoms with Gasteiger partial charge in [0.1, 0.15) is 0 Å². The number of hydrogen-bond donors (Lipinski definition) is 2. The molecule has 2 N–H and O–H groups in total. The van der Waals surface area contributed by atoms with E-state index < -0.39 is 0 Å². The summed E-state index contributed by atoms with van der Waals surface area (Å²) >= 11 is 22.8.